The van der Waals surface area contributed by atoms with Crippen LogP contribution in [-0.4, -0.2) is 15.1 Å². The average Bonchev–Trinajstić information content (AvgIpc) is 2.61. The molecular formula is C12H13NOS4. The van der Waals surface area contributed by atoms with Gasteiger partial charge >= 0.3 is 0 Å². The van der Waals surface area contributed by atoms with E-state index in [0.717, 1.165) is 9.47 Å². The molecule has 0 saturated carbocycles. The number of hydrogen-bond acceptors (Lipinski definition) is 5. The highest BCUT2D eigenvalue weighted by atomic mass is 32.2. The summed E-state index contributed by atoms with van der Waals surface area (Å²) in [6, 6.07) is 8.21. The summed E-state index contributed by atoms with van der Waals surface area (Å²) in [5.41, 5.74) is 1.16. The zero-order valence-electron chi connectivity index (χ0n) is 10.1. The molecule has 0 aliphatic rings. The first-order valence-corrected chi connectivity index (χ1v) is 8.11. The second kappa shape index (κ2) is 6.14. The lowest BCUT2D eigenvalue weighted by atomic mass is 10.3. The summed E-state index contributed by atoms with van der Waals surface area (Å²) < 4.78 is 10.2. The van der Waals surface area contributed by atoms with Gasteiger partial charge in [0.25, 0.3) is 0 Å². The van der Waals surface area contributed by atoms with Gasteiger partial charge in [0.15, 0.2) is 3.95 Å². The first kappa shape index (κ1) is 14.0. The molecule has 0 radical (unpaired) electrons. The second-order valence-electron chi connectivity index (χ2n) is 3.95. The molecule has 2 aromatic rings. The number of fused-ring (bicyclic) bond motifs is 1. The summed E-state index contributed by atoms with van der Waals surface area (Å²) in [4.78, 5) is 0. The molecule has 1 heterocycles. The highest BCUT2D eigenvalue weighted by Crippen LogP contribution is 2.25. The molecule has 96 valence electrons. The number of benzene rings is 1. The molecule has 0 atom stereocenters. The van der Waals surface area contributed by atoms with Crippen LogP contribution in [0.3, 0.4) is 0 Å². The molecule has 1 aromatic heterocycles. The minimum Gasteiger partial charge on any atom is -0.476 e. The van der Waals surface area contributed by atoms with E-state index in [2.05, 4.69) is 16.7 Å². The van der Waals surface area contributed by atoms with E-state index in [1.165, 1.54) is 16.5 Å². The molecule has 0 saturated heterocycles. The average molecular weight is 316 g/mol. The van der Waals surface area contributed by atoms with Gasteiger partial charge in [0.2, 0.25) is 4.38 Å². The van der Waals surface area contributed by atoms with Gasteiger partial charge in [-0.05, 0) is 50.4 Å². The summed E-state index contributed by atoms with van der Waals surface area (Å²) in [6.45, 7) is 3.94. The van der Waals surface area contributed by atoms with Crippen LogP contribution >= 0.6 is 47.5 Å². The fraction of sp³-hybridized carbons (Fsp3) is 0.333. The molecule has 0 bridgehead atoms. The van der Waals surface area contributed by atoms with E-state index in [0.29, 0.717) is 10.3 Å². The van der Waals surface area contributed by atoms with Crippen LogP contribution in [0.4, 0.5) is 0 Å². The van der Waals surface area contributed by atoms with Gasteiger partial charge in [-0.3, -0.25) is 0 Å². The lowest BCUT2D eigenvalue weighted by Gasteiger charge is -2.10. The number of para-hydroxylation sites is 1. The standard InChI is InChI=1S/C12H13NOS4/c1-8(2)14-12(16)17-7-13-9-5-3-4-6-10(9)18-11(13)15/h3-6,8H,7H2,1-2H3. The maximum Gasteiger partial charge on any atom is 0.222 e. The molecule has 0 aliphatic carbocycles. The highest BCUT2D eigenvalue weighted by molar-refractivity contribution is 8.22. The number of thiocarbonyl (C=S) groups is 1. The number of nitrogens with zero attached hydrogens (tertiary/aromatic N) is 1. The van der Waals surface area contributed by atoms with Crippen LogP contribution in [-0.2, 0) is 10.6 Å². The van der Waals surface area contributed by atoms with Gasteiger partial charge in [0.05, 0.1) is 22.2 Å². The van der Waals surface area contributed by atoms with Crippen LogP contribution in [0.25, 0.3) is 10.2 Å². The molecule has 1 aromatic carbocycles. The number of thiazole rings is 1. The van der Waals surface area contributed by atoms with Gasteiger partial charge in [0.1, 0.15) is 0 Å². The third-order valence-electron chi connectivity index (χ3n) is 2.22. The highest BCUT2D eigenvalue weighted by Gasteiger charge is 2.07. The summed E-state index contributed by atoms with van der Waals surface area (Å²) in [7, 11) is 0. The molecule has 2 rings (SSSR count). The minimum atomic E-state index is 0.122. The monoisotopic (exact) mass is 315 g/mol. The van der Waals surface area contributed by atoms with E-state index >= 15 is 0 Å². The van der Waals surface area contributed by atoms with E-state index in [4.69, 9.17) is 29.2 Å². The van der Waals surface area contributed by atoms with Crippen molar-refractivity contribution in [1.82, 2.24) is 4.57 Å². The molecule has 0 aliphatic heterocycles. The fourth-order valence-corrected chi connectivity index (χ4v) is 4.08. The van der Waals surface area contributed by atoms with Gasteiger partial charge < -0.3 is 9.30 Å². The summed E-state index contributed by atoms with van der Waals surface area (Å²) in [5, 5.41) is 0. The van der Waals surface area contributed by atoms with Gasteiger partial charge in [-0.15, -0.1) is 11.3 Å². The molecular weight excluding hydrogens is 302 g/mol. The number of hydrogen-bond donors (Lipinski definition) is 0. The van der Waals surface area contributed by atoms with Crippen molar-refractivity contribution in [2.24, 2.45) is 0 Å². The topological polar surface area (TPSA) is 14.2 Å². The van der Waals surface area contributed by atoms with E-state index in [-0.39, 0.29) is 6.10 Å². The largest absolute Gasteiger partial charge is 0.476 e. The Morgan fingerprint density at radius 1 is 1.44 bits per heavy atom. The Kier molecular flexibility index (Phi) is 4.77. The predicted octanol–water partition coefficient (Wildman–Crippen LogP) is 4.83. The number of thioether (sulfide) groups is 1. The van der Waals surface area contributed by atoms with Crippen LogP contribution in [0, 0.1) is 3.95 Å². The SMILES string of the molecule is CC(C)OC(=S)SCn1c(=S)sc2ccccc21. The Bertz CT molecular complexity index is 614. The van der Waals surface area contributed by atoms with E-state index in [9.17, 15) is 0 Å². The van der Waals surface area contributed by atoms with Crippen molar-refractivity contribution in [3.05, 3.63) is 28.2 Å². The van der Waals surface area contributed by atoms with Crippen LogP contribution in [0.15, 0.2) is 24.3 Å². The summed E-state index contributed by atoms with van der Waals surface area (Å²) >= 11 is 13.7. The summed E-state index contributed by atoms with van der Waals surface area (Å²) in [5.74, 6) is 0.703. The van der Waals surface area contributed by atoms with E-state index in [1.807, 2.05) is 26.0 Å². The van der Waals surface area contributed by atoms with Crippen molar-refractivity contribution in [3.8, 4) is 0 Å². The Balaban J connectivity index is 2.15. The fourth-order valence-electron chi connectivity index (χ4n) is 1.48. The van der Waals surface area contributed by atoms with Crippen LogP contribution in [0.5, 0.6) is 0 Å². The van der Waals surface area contributed by atoms with Crippen molar-refractivity contribution in [2.75, 3.05) is 0 Å². The smallest absolute Gasteiger partial charge is 0.222 e. The number of aromatic nitrogens is 1. The third kappa shape index (κ3) is 3.32. The summed E-state index contributed by atoms with van der Waals surface area (Å²) in [6.07, 6.45) is 0.122. The van der Waals surface area contributed by atoms with E-state index in [1.54, 1.807) is 11.3 Å². The van der Waals surface area contributed by atoms with Gasteiger partial charge in [-0.2, -0.15) is 0 Å². The zero-order chi connectivity index (χ0) is 13.1. The maximum absolute atomic E-state index is 5.45. The van der Waals surface area contributed by atoms with Crippen LogP contribution in [0.2, 0.25) is 0 Å². The van der Waals surface area contributed by atoms with Crippen molar-refractivity contribution in [1.29, 1.82) is 0 Å². The molecule has 18 heavy (non-hydrogen) atoms. The molecule has 0 unspecified atom stereocenters. The second-order valence-corrected chi connectivity index (χ2v) is 7.18. The molecule has 2 nitrogen and oxygen atoms in total. The van der Waals surface area contributed by atoms with Crippen LogP contribution in [0.1, 0.15) is 13.8 Å². The van der Waals surface area contributed by atoms with Crippen molar-refractivity contribution < 1.29 is 4.74 Å². The number of rotatable bonds is 3. The Morgan fingerprint density at radius 3 is 2.89 bits per heavy atom. The third-order valence-corrected chi connectivity index (χ3v) is 4.82. The van der Waals surface area contributed by atoms with Crippen molar-refractivity contribution in [3.63, 3.8) is 0 Å². The predicted molar refractivity (Wildman–Crippen MR) is 87.1 cm³/mol. The molecule has 0 spiro atoms. The molecule has 0 fully saturated rings. The van der Waals surface area contributed by atoms with Crippen molar-refractivity contribution >= 4 is 62.1 Å². The van der Waals surface area contributed by atoms with E-state index < -0.39 is 0 Å². The minimum absolute atomic E-state index is 0.122. The first-order valence-electron chi connectivity index (χ1n) is 5.49. The quantitative estimate of drug-likeness (QED) is 0.752. The first-order chi connectivity index (χ1) is 8.58. The normalized spacial score (nSPS) is 11.1. The maximum atomic E-state index is 5.45. The Labute approximate surface area is 125 Å². The molecule has 0 N–H and O–H groups in total. The molecule has 0 amide bonds. The lowest BCUT2D eigenvalue weighted by molar-refractivity contribution is 0.243. The van der Waals surface area contributed by atoms with Crippen molar-refractivity contribution in [2.45, 2.75) is 25.8 Å². The number of ether oxygens (including phenoxy) is 1. The Hall–Kier alpha value is -0.430. The Morgan fingerprint density at radius 2 is 2.17 bits per heavy atom. The zero-order valence-corrected chi connectivity index (χ0v) is 13.3. The van der Waals surface area contributed by atoms with Gasteiger partial charge in [-0.25, -0.2) is 0 Å². The van der Waals surface area contributed by atoms with Gasteiger partial charge in [-0.1, -0.05) is 23.9 Å². The lowest BCUT2D eigenvalue weighted by Crippen LogP contribution is -2.07. The van der Waals surface area contributed by atoms with Crippen LogP contribution < -0.4 is 0 Å². The molecule has 6 heteroatoms. The van der Waals surface area contributed by atoms with Gasteiger partial charge in [0, 0.05) is 0 Å².